The van der Waals surface area contributed by atoms with E-state index < -0.39 is 10.0 Å². The number of hydrogen-bond acceptors (Lipinski definition) is 3. The number of nitrogens with one attached hydrogen (secondary N) is 1. The third kappa shape index (κ3) is 4.29. The molecule has 1 N–H and O–H groups in total. The molecule has 1 rings (SSSR count). The second-order valence-electron chi connectivity index (χ2n) is 4.89. The lowest BCUT2D eigenvalue weighted by molar-refractivity contribution is -0.121. The first-order valence-electron chi connectivity index (χ1n) is 6.16. The fourth-order valence-corrected chi connectivity index (χ4v) is 3.07. The van der Waals surface area contributed by atoms with Gasteiger partial charge in [-0.2, -0.15) is 4.31 Å². The lowest BCUT2D eigenvalue weighted by atomic mass is 10.2. The summed E-state index contributed by atoms with van der Waals surface area (Å²) < 4.78 is 26.6. The average molecular weight is 363 g/mol. The Labute approximate surface area is 128 Å². The highest BCUT2D eigenvalue weighted by atomic mass is 79.9. The summed E-state index contributed by atoms with van der Waals surface area (Å²) in [5, 5.41) is 2.67. The van der Waals surface area contributed by atoms with E-state index in [4.69, 9.17) is 0 Å². The highest BCUT2D eigenvalue weighted by Crippen LogP contribution is 2.21. The van der Waals surface area contributed by atoms with Gasteiger partial charge in [0.05, 0.1) is 11.4 Å². The van der Waals surface area contributed by atoms with Crippen molar-refractivity contribution in [3.8, 4) is 0 Å². The van der Waals surface area contributed by atoms with Crippen LogP contribution in [0, 0.1) is 6.92 Å². The fraction of sp³-hybridized carbons (Fsp3) is 0.462. The van der Waals surface area contributed by atoms with Gasteiger partial charge in [-0.25, -0.2) is 8.42 Å². The second kappa shape index (κ2) is 6.69. The van der Waals surface area contributed by atoms with Crippen molar-refractivity contribution in [1.82, 2.24) is 9.62 Å². The molecule has 0 radical (unpaired) electrons. The molecule has 0 bridgehead atoms. The van der Waals surface area contributed by atoms with Crippen molar-refractivity contribution in [3.63, 3.8) is 0 Å². The van der Waals surface area contributed by atoms with Crippen LogP contribution in [0.1, 0.15) is 19.4 Å². The summed E-state index contributed by atoms with van der Waals surface area (Å²) in [6, 6.07) is 4.76. The van der Waals surface area contributed by atoms with Gasteiger partial charge in [0, 0.05) is 17.6 Å². The monoisotopic (exact) mass is 362 g/mol. The van der Waals surface area contributed by atoms with Gasteiger partial charge in [0.25, 0.3) is 0 Å². The number of amides is 1. The number of rotatable bonds is 5. The molecule has 1 aromatic carbocycles. The SMILES string of the molecule is Cc1cc(S(=O)(=O)N(C)CC(=O)NC(C)C)ccc1Br. The van der Waals surface area contributed by atoms with Gasteiger partial charge in [0.2, 0.25) is 15.9 Å². The van der Waals surface area contributed by atoms with Crippen molar-refractivity contribution in [2.75, 3.05) is 13.6 Å². The first-order valence-corrected chi connectivity index (χ1v) is 8.39. The van der Waals surface area contributed by atoms with E-state index >= 15 is 0 Å². The smallest absolute Gasteiger partial charge is 0.243 e. The van der Waals surface area contributed by atoms with Crippen LogP contribution in [0.3, 0.4) is 0 Å². The highest BCUT2D eigenvalue weighted by Gasteiger charge is 2.23. The topological polar surface area (TPSA) is 66.5 Å². The van der Waals surface area contributed by atoms with Crippen LogP contribution in [-0.4, -0.2) is 38.3 Å². The number of benzene rings is 1. The van der Waals surface area contributed by atoms with E-state index in [-0.39, 0.29) is 23.4 Å². The van der Waals surface area contributed by atoms with Crippen molar-refractivity contribution >= 4 is 31.9 Å². The number of aryl methyl sites for hydroxylation is 1. The summed E-state index contributed by atoms with van der Waals surface area (Å²) in [6.07, 6.45) is 0. The molecule has 0 spiro atoms. The molecule has 20 heavy (non-hydrogen) atoms. The summed E-state index contributed by atoms with van der Waals surface area (Å²) in [6.45, 7) is 5.26. The van der Waals surface area contributed by atoms with Crippen LogP contribution in [0.4, 0.5) is 0 Å². The Morgan fingerprint density at radius 1 is 1.40 bits per heavy atom. The third-order valence-corrected chi connectivity index (χ3v) is 5.34. The van der Waals surface area contributed by atoms with Crippen molar-refractivity contribution < 1.29 is 13.2 Å². The number of carbonyl (C=O) groups excluding carboxylic acids is 1. The maximum absolute atomic E-state index is 12.3. The Bertz CT molecular complexity index is 600. The van der Waals surface area contributed by atoms with Crippen LogP contribution in [0.5, 0.6) is 0 Å². The highest BCUT2D eigenvalue weighted by molar-refractivity contribution is 9.10. The number of sulfonamides is 1. The zero-order chi connectivity index (χ0) is 15.5. The van der Waals surface area contributed by atoms with Gasteiger partial charge in [0.15, 0.2) is 0 Å². The average Bonchev–Trinajstić information content (AvgIpc) is 2.31. The lowest BCUT2D eigenvalue weighted by Crippen LogP contribution is -2.40. The Hall–Kier alpha value is -0.920. The van der Waals surface area contributed by atoms with Crippen LogP contribution in [0.25, 0.3) is 0 Å². The molecule has 0 aliphatic heterocycles. The number of hydrogen-bond donors (Lipinski definition) is 1. The van der Waals surface area contributed by atoms with Crippen LogP contribution in [0.2, 0.25) is 0 Å². The first-order chi connectivity index (χ1) is 9.14. The van der Waals surface area contributed by atoms with Crippen LogP contribution < -0.4 is 5.32 Å². The molecule has 0 fully saturated rings. The summed E-state index contributed by atoms with van der Waals surface area (Å²) in [4.78, 5) is 11.8. The third-order valence-electron chi connectivity index (χ3n) is 2.65. The Kier molecular flexibility index (Phi) is 5.73. The molecule has 0 aliphatic rings. The summed E-state index contributed by atoms with van der Waals surface area (Å²) in [5.74, 6) is -0.320. The summed E-state index contributed by atoms with van der Waals surface area (Å²) >= 11 is 3.33. The molecule has 0 saturated heterocycles. The minimum atomic E-state index is -3.66. The van der Waals surface area contributed by atoms with Gasteiger partial charge >= 0.3 is 0 Å². The molecule has 0 aliphatic carbocycles. The predicted molar refractivity (Wildman–Crippen MR) is 82.0 cm³/mol. The van der Waals surface area contributed by atoms with Gasteiger partial charge in [0.1, 0.15) is 0 Å². The molecule has 1 aromatic rings. The van der Waals surface area contributed by atoms with Crippen molar-refractivity contribution in [2.45, 2.75) is 31.7 Å². The number of halogens is 1. The number of likely N-dealkylation sites (N-methyl/N-ethyl adjacent to an activating group) is 1. The summed E-state index contributed by atoms with van der Waals surface area (Å²) in [7, 11) is -2.26. The Morgan fingerprint density at radius 2 is 2.00 bits per heavy atom. The molecule has 0 aromatic heterocycles. The van der Waals surface area contributed by atoms with Gasteiger partial charge in [-0.05, 0) is 44.5 Å². The van der Waals surface area contributed by atoms with E-state index in [2.05, 4.69) is 21.2 Å². The molecule has 7 heteroatoms. The van der Waals surface area contributed by atoms with Gasteiger partial charge in [-0.1, -0.05) is 15.9 Å². The molecule has 0 heterocycles. The van der Waals surface area contributed by atoms with Crippen molar-refractivity contribution in [3.05, 3.63) is 28.2 Å². The normalized spacial score (nSPS) is 11.9. The zero-order valence-corrected chi connectivity index (χ0v) is 14.4. The molecule has 0 saturated carbocycles. The van der Waals surface area contributed by atoms with Gasteiger partial charge in [-0.15, -0.1) is 0 Å². The lowest BCUT2D eigenvalue weighted by Gasteiger charge is -2.18. The quantitative estimate of drug-likeness (QED) is 0.869. The van der Waals surface area contributed by atoms with Crippen LogP contribution in [-0.2, 0) is 14.8 Å². The standard InChI is InChI=1S/C13H19BrN2O3S/c1-9(2)15-13(17)8-16(4)20(18,19)11-5-6-12(14)10(3)7-11/h5-7,9H,8H2,1-4H3,(H,15,17). The molecule has 0 unspecified atom stereocenters. The molecule has 5 nitrogen and oxygen atoms in total. The van der Waals surface area contributed by atoms with E-state index in [0.717, 1.165) is 14.3 Å². The van der Waals surface area contributed by atoms with E-state index in [1.54, 1.807) is 12.1 Å². The minimum absolute atomic E-state index is 0.0199. The predicted octanol–water partition coefficient (Wildman–Crippen LogP) is 1.90. The van der Waals surface area contributed by atoms with Crippen molar-refractivity contribution in [1.29, 1.82) is 0 Å². The largest absolute Gasteiger partial charge is 0.353 e. The second-order valence-corrected chi connectivity index (χ2v) is 7.79. The zero-order valence-electron chi connectivity index (χ0n) is 12.0. The fourth-order valence-electron chi connectivity index (χ4n) is 1.61. The van der Waals surface area contributed by atoms with Gasteiger partial charge < -0.3 is 5.32 Å². The summed E-state index contributed by atoms with van der Waals surface area (Å²) in [5.41, 5.74) is 0.825. The van der Waals surface area contributed by atoms with E-state index in [1.807, 2.05) is 20.8 Å². The maximum atomic E-state index is 12.3. The van der Waals surface area contributed by atoms with Crippen LogP contribution >= 0.6 is 15.9 Å². The van der Waals surface area contributed by atoms with E-state index in [1.165, 1.54) is 13.1 Å². The molecule has 112 valence electrons. The van der Waals surface area contributed by atoms with Crippen LogP contribution in [0.15, 0.2) is 27.6 Å². The first kappa shape index (κ1) is 17.1. The van der Waals surface area contributed by atoms with Crippen molar-refractivity contribution in [2.24, 2.45) is 0 Å². The van der Waals surface area contributed by atoms with E-state index in [9.17, 15) is 13.2 Å². The molecule has 1 amide bonds. The maximum Gasteiger partial charge on any atom is 0.243 e. The Balaban J connectivity index is 2.92. The van der Waals surface area contributed by atoms with E-state index in [0.29, 0.717) is 0 Å². The molecular weight excluding hydrogens is 344 g/mol. The number of carbonyl (C=O) groups is 1. The Morgan fingerprint density at radius 3 is 2.50 bits per heavy atom. The van der Waals surface area contributed by atoms with Gasteiger partial charge in [-0.3, -0.25) is 4.79 Å². The minimum Gasteiger partial charge on any atom is -0.353 e. The molecule has 0 atom stereocenters. The molecular formula is C13H19BrN2O3S. The number of nitrogens with zero attached hydrogens (tertiary/aromatic N) is 1.